The van der Waals surface area contributed by atoms with E-state index in [1.165, 1.54) is 0 Å². The second-order valence-electron chi connectivity index (χ2n) is 5.78. The van der Waals surface area contributed by atoms with Crippen LogP contribution in [0, 0.1) is 6.92 Å². The van der Waals surface area contributed by atoms with Gasteiger partial charge in [0, 0.05) is 18.2 Å². The molecule has 0 aliphatic heterocycles. The highest BCUT2D eigenvalue weighted by Crippen LogP contribution is 2.24. The zero-order valence-corrected chi connectivity index (χ0v) is 16.1. The van der Waals surface area contributed by atoms with E-state index in [2.05, 4.69) is 20.4 Å². The molecule has 4 aromatic heterocycles. The lowest BCUT2D eigenvalue weighted by Crippen LogP contribution is -2.22. The van der Waals surface area contributed by atoms with Crippen molar-refractivity contribution >= 4 is 28.6 Å². The van der Waals surface area contributed by atoms with Crippen LogP contribution in [0.15, 0.2) is 44.0 Å². The summed E-state index contributed by atoms with van der Waals surface area (Å²) in [5.41, 5.74) is 0.813. The number of carbonyl (C=O) groups is 1. The molecule has 4 aromatic rings. The lowest BCUT2D eigenvalue weighted by molar-refractivity contribution is -0.121. The van der Waals surface area contributed by atoms with Gasteiger partial charge < -0.3 is 14.3 Å². The molecule has 0 fully saturated rings. The van der Waals surface area contributed by atoms with Crippen molar-refractivity contribution < 1.29 is 13.7 Å². The third-order valence-corrected chi connectivity index (χ3v) is 5.41. The first kappa shape index (κ1) is 17.6. The summed E-state index contributed by atoms with van der Waals surface area (Å²) in [6, 6.07) is 7.56. The Morgan fingerprint density at radius 1 is 1.22 bits per heavy atom. The molecule has 0 bridgehead atoms. The van der Waals surface area contributed by atoms with Gasteiger partial charge in [-0.3, -0.25) is 4.79 Å². The van der Waals surface area contributed by atoms with Gasteiger partial charge in [-0.2, -0.15) is 4.98 Å². The first-order valence-corrected chi connectivity index (χ1v) is 10.1. The van der Waals surface area contributed by atoms with Crippen LogP contribution in [-0.4, -0.2) is 21.0 Å². The fourth-order valence-electron chi connectivity index (χ4n) is 2.44. The van der Waals surface area contributed by atoms with Gasteiger partial charge in [0.25, 0.3) is 0 Å². The zero-order valence-electron chi connectivity index (χ0n) is 14.5. The molecule has 0 unspecified atom stereocenters. The summed E-state index contributed by atoms with van der Waals surface area (Å²) in [4.78, 5) is 21.7. The van der Waals surface area contributed by atoms with E-state index in [-0.39, 0.29) is 12.3 Å². The molecular formula is C18H16N4O3S2. The number of rotatable bonds is 7. The zero-order chi connectivity index (χ0) is 18.6. The van der Waals surface area contributed by atoms with E-state index in [1.54, 1.807) is 22.7 Å². The number of hydrogen-bond donors (Lipinski definition) is 1. The number of thiazole rings is 1. The van der Waals surface area contributed by atoms with Gasteiger partial charge in [-0.1, -0.05) is 11.2 Å². The van der Waals surface area contributed by atoms with Crippen molar-refractivity contribution in [1.82, 2.24) is 20.4 Å². The minimum atomic E-state index is -0.103. The molecule has 7 nitrogen and oxygen atoms in total. The fourth-order valence-corrected chi connectivity index (χ4v) is 3.70. The number of nitrogens with zero attached hydrogens (tertiary/aromatic N) is 3. The molecule has 27 heavy (non-hydrogen) atoms. The second-order valence-corrected chi connectivity index (χ2v) is 7.79. The Hall–Kier alpha value is -2.78. The topological polar surface area (TPSA) is 94.1 Å². The number of carbonyl (C=O) groups excluding carboxylic acids is 1. The van der Waals surface area contributed by atoms with Crippen LogP contribution in [0.3, 0.4) is 0 Å². The average Bonchev–Trinajstić information content (AvgIpc) is 3.45. The maximum absolute atomic E-state index is 12.1. The predicted molar refractivity (Wildman–Crippen MR) is 102 cm³/mol. The maximum Gasteiger partial charge on any atom is 0.227 e. The van der Waals surface area contributed by atoms with Crippen molar-refractivity contribution in [2.75, 3.05) is 0 Å². The van der Waals surface area contributed by atoms with E-state index in [0.29, 0.717) is 36.2 Å². The Kier molecular flexibility index (Phi) is 5.12. The number of amides is 1. The summed E-state index contributed by atoms with van der Waals surface area (Å²) in [7, 11) is 0. The van der Waals surface area contributed by atoms with Crippen LogP contribution < -0.4 is 5.32 Å². The molecule has 4 rings (SSSR count). The Morgan fingerprint density at radius 3 is 2.93 bits per heavy atom. The van der Waals surface area contributed by atoms with Crippen molar-refractivity contribution in [1.29, 1.82) is 0 Å². The monoisotopic (exact) mass is 400 g/mol. The quantitative estimate of drug-likeness (QED) is 0.502. The Morgan fingerprint density at radius 2 is 2.15 bits per heavy atom. The third-order valence-electron chi connectivity index (χ3n) is 3.77. The van der Waals surface area contributed by atoms with E-state index in [4.69, 9.17) is 8.94 Å². The molecule has 0 saturated heterocycles. The number of aromatic nitrogens is 3. The maximum atomic E-state index is 12.1. The molecule has 0 aliphatic carbocycles. The normalized spacial score (nSPS) is 11.0. The van der Waals surface area contributed by atoms with Gasteiger partial charge in [-0.15, -0.1) is 22.7 Å². The van der Waals surface area contributed by atoms with Crippen molar-refractivity contribution in [3.8, 4) is 22.2 Å². The van der Waals surface area contributed by atoms with Crippen molar-refractivity contribution in [3.63, 3.8) is 0 Å². The highest BCUT2D eigenvalue weighted by atomic mass is 32.1. The summed E-state index contributed by atoms with van der Waals surface area (Å²) in [5.74, 6) is 2.29. The number of thiophene rings is 1. The summed E-state index contributed by atoms with van der Waals surface area (Å²) >= 11 is 3.11. The first-order valence-electron chi connectivity index (χ1n) is 8.32. The standard InChI is InChI=1S/C18H16N4O3S2/c1-11-20-13(10-27-11)14-5-4-12(24-14)9-19-16(23)6-7-17-21-18(22-25-17)15-3-2-8-26-15/h2-5,8,10H,6-7,9H2,1H3,(H,19,23). The molecule has 1 amide bonds. The van der Waals surface area contributed by atoms with Crippen LogP contribution >= 0.6 is 22.7 Å². The third kappa shape index (κ3) is 4.32. The van der Waals surface area contributed by atoms with Crippen LogP contribution in [0.2, 0.25) is 0 Å². The average molecular weight is 400 g/mol. The van der Waals surface area contributed by atoms with E-state index in [9.17, 15) is 4.79 Å². The van der Waals surface area contributed by atoms with Crippen LogP contribution in [0.4, 0.5) is 0 Å². The molecule has 0 spiro atoms. The molecule has 0 aliphatic rings. The Bertz CT molecular complexity index is 1030. The van der Waals surface area contributed by atoms with Crippen LogP contribution in [-0.2, 0) is 17.8 Å². The largest absolute Gasteiger partial charge is 0.458 e. The lowest BCUT2D eigenvalue weighted by Gasteiger charge is -2.01. The molecule has 0 radical (unpaired) electrons. The SMILES string of the molecule is Cc1nc(-c2ccc(CNC(=O)CCc3nc(-c4cccs4)no3)o2)cs1. The molecular weight excluding hydrogens is 384 g/mol. The highest BCUT2D eigenvalue weighted by molar-refractivity contribution is 7.13. The summed E-state index contributed by atoms with van der Waals surface area (Å²) in [5, 5.41) is 11.7. The number of nitrogens with one attached hydrogen (secondary N) is 1. The predicted octanol–water partition coefficient (Wildman–Crippen LogP) is 4.07. The van der Waals surface area contributed by atoms with Gasteiger partial charge in [0.2, 0.25) is 17.6 Å². The number of furan rings is 1. The molecule has 1 N–H and O–H groups in total. The minimum absolute atomic E-state index is 0.103. The van der Waals surface area contributed by atoms with Crippen molar-refractivity contribution in [2.24, 2.45) is 0 Å². The van der Waals surface area contributed by atoms with Gasteiger partial charge >= 0.3 is 0 Å². The molecule has 0 atom stereocenters. The Labute approximate surface area is 163 Å². The van der Waals surface area contributed by atoms with Crippen LogP contribution in [0.1, 0.15) is 23.1 Å². The highest BCUT2D eigenvalue weighted by Gasteiger charge is 2.12. The number of aryl methyl sites for hydroxylation is 2. The van der Waals surface area contributed by atoms with Gasteiger partial charge in [0.15, 0.2) is 5.76 Å². The lowest BCUT2D eigenvalue weighted by atomic mass is 10.3. The van der Waals surface area contributed by atoms with Crippen molar-refractivity contribution in [3.05, 3.63) is 51.7 Å². The molecule has 138 valence electrons. The van der Waals surface area contributed by atoms with E-state index in [0.717, 1.165) is 15.6 Å². The molecule has 0 saturated carbocycles. The molecule has 0 aromatic carbocycles. The van der Waals surface area contributed by atoms with Crippen molar-refractivity contribution in [2.45, 2.75) is 26.3 Å². The minimum Gasteiger partial charge on any atom is -0.458 e. The second kappa shape index (κ2) is 7.85. The smallest absolute Gasteiger partial charge is 0.227 e. The summed E-state index contributed by atoms with van der Waals surface area (Å²) in [6.07, 6.45) is 0.663. The van der Waals surface area contributed by atoms with Gasteiger partial charge in [-0.25, -0.2) is 4.98 Å². The van der Waals surface area contributed by atoms with Gasteiger partial charge in [0.05, 0.1) is 16.4 Å². The van der Waals surface area contributed by atoms with E-state index >= 15 is 0 Å². The van der Waals surface area contributed by atoms with Gasteiger partial charge in [0.1, 0.15) is 11.5 Å². The fraction of sp³-hybridized carbons (Fsp3) is 0.222. The summed E-state index contributed by atoms with van der Waals surface area (Å²) in [6.45, 7) is 2.28. The van der Waals surface area contributed by atoms with E-state index < -0.39 is 0 Å². The summed E-state index contributed by atoms with van der Waals surface area (Å²) < 4.78 is 10.9. The molecule has 4 heterocycles. The Balaban J connectivity index is 1.26. The van der Waals surface area contributed by atoms with Crippen LogP contribution in [0.25, 0.3) is 22.2 Å². The first-order chi connectivity index (χ1) is 13.2. The molecule has 9 heteroatoms. The van der Waals surface area contributed by atoms with Crippen LogP contribution in [0.5, 0.6) is 0 Å². The van der Waals surface area contributed by atoms with E-state index in [1.807, 2.05) is 41.9 Å². The van der Waals surface area contributed by atoms with Gasteiger partial charge in [-0.05, 0) is 30.5 Å². The number of hydrogen-bond acceptors (Lipinski definition) is 8.